The van der Waals surface area contributed by atoms with Crippen molar-refractivity contribution < 1.29 is 58.6 Å². The van der Waals surface area contributed by atoms with E-state index >= 15 is 0 Å². The van der Waals surface area contributed by atoms with Crippen LogP contribution < -0.4 is 10.1 Å². The summed E-state index contributed by atoms with van der Waals surface area (Å²) in [4.78, 5) is 37.2. The third-order valence-electron chi connectivity index (χ3n) is 8.60. The summed E-state index contributed by atoms with van der Waals surface area (Å²) in [5.74, 6) is -1.38. The molecule has 1 saturated heterocycles. The van der Waals surface area contributed by atoms with Crippen LogP contribution in [0.5, 0.6) is 5.75 Å². The van der Waals surface area contributed by atoms with Crippen molar-refractivity contribution in [1.82, 2.24) is 0 Å². The number of esters is 1. The first-order chi connectivity index (χ1) is 22.9. The smallest absolute Gasteiger partial charge is 0.420 e. The number of carbonyl (C=O) groups is 3. The van der Waals surface area contributed by atoms with Crippen LogP contribution in [0.15, 0.2) is 24.3 Å². The highest BCUT2D eigenvalue weighted by molar-refractivity contribution is 5.84. The zero-order valence-corrected chi connectivity index (χ0v) is 28.9. The van der Waals surface area contributed by atoms with Gasteiger partial charge in [-0.25, -0.2) is 9.28 Å². The quantitative estimate of drug-likeness (QED) is 0.0546. The van der Waals surface area contributed by atoms with Gasteiger partial charge >= 0.3 is 18.0 Å². The van der Waals surface area contributed by atoms with Gasteiger partial charge in [0.25, 0.3) is 0 Å². The van der Waals surface area contributed by atoms with Gasteiger partial charge in [-0.05, 0) is 30.7 Å². The molecule has 6 N–H and O–H groups in total. The van der Waals surface area contributed by atoms with E-state index in [1.54, 1.807) is 14.1 Å². The molecule has 1 unspecified atom stereocenters. The summed E-state index contributed by atoms with van der Waals surface area (Å²) in [5.41, 5.74) is 0.390. The number of urea groups is 1. The lowest BCUT2D eigenvalue weighted by molar-refractivity contribution is -0.810. The van der Waals surface area contributed by atoms with Gasteiger partial charge in [0.15, 0.2) is 6.10 Å². The van der Waals surface area contributed by atoms with Crippen LogP contribution in [0.1, 0.15) is 103 Å². The van der Waals surface area contributed by atoms with Crippen LogP contribution in [0.2, 0.25) is 0 Å². The van der Waals surface area contributed by atoms with Gasteiger partial charge in [-0.3, -0.25) is 14.9 Å². The second-order valence-electron chi connectivity index (χ2n) is 13.3. The number of hydrogen-bond donors (Lipinski definition) is 6. The van der Waals surface area contributed by atoms with Gasteiger partial charge in [-0.15, -0.1) is 0 Å². The number of aliphatic hydroxyl groups is 4. The molecular formula is C35H59N2O11+. The predicted octanol–water partition coefficient (Wildman–Crippen LogP) is 4.34. The number of nitrogens with one attached hydrogen (secondary N) is 1. The standard InChI is InChI=1S/C35H58N2O11/c1-4-5-6-7-8-9-10-11-12-13-14-15-16-17-30(41)46-27(22-29(39)40)23-37(2,3)35(45)36-25-18-20-26(21-19-25)47-34-33(44)32(43)31(42)28(24-38)48-34/h18-21,27-28,31-34,38,42-44H,4-17,22-24H2,1-3H3,(H-,36,39,40,45)/p+1/t27?,28-,31+,32+,33-,34+/m1/s1. The summed E-state index contributed by atoms with van der Waals surface area (Å²) >= 11 is 0. The molecule has 0 spiro atoms. The largest absolute Gasteiger partial charge is 0.481 e. The lowest BCUT2D eigenvalue weighted by Crippen LogP contribution is -2.60. The average Bonchev–Trinajstić information content (AvgIpc) is 3.03. The molecule has 274 valence electrons. The molecule has 1 aliphatic rings. The maximum atomic E-state index is 13.1. The Morgan fingerprint density at radius 1 is 0.833 bits per heavy atom. The maximum Gasteiger partial charge on any atom is 0.420 e. The molecule has 0 saturated carbocycles. The molecule has 1 aromatic carbocycles. The molecule has 1 fully saturated rings. The second kappa shape index (κ2) is 22.0. The molecule has 1 aromatic rings. The van der Waals surface area contributed by atoms with Gasteiger partial charge in [-0.1, -0.05) is 84.0 Å². The normalized spacial score (nSPS) is 21.8. The van der Waals surface area contributed by atoms with E-state index in [4.69, 9.17) is 14.2 Å². The minimum Gasteiger partial charge on any atom is -0.481 e. The molecule has 0 radical (unpaired) electrons. The number of carbonyl (C=O) groups excluding carboxylic acids is 2. The fraction of sp³-hybridized carbons (Fsp3) is 0.743. The third kappa shape index (κ3) is 15.2. The number of likely N-dealkylation sites (N-methyl/N-ethyl adjacent to an activating group) is 1. The molecule has 0 aromatic heterocycles. The Hall–Kier alpha value is -2.81. The van der Waals surface area contributed by atoms with E-state index in [2.05, 4.69) is 12.2 Å². The van der Waals surface area contributed by atoms with Crippen molar-refractivity contribution in [1.29, 1.82) is 0 Å². The SMILES string of the molecule is CCCCCCCCCCCCCCCC(=O)OC(CC(=O)O)C[N+](C)(C)C(=O)Nc1ccc(O[C@H]2O[C@H](CO)[C@H](O)[C@H](O)[C@H]2O)cc1. The molecule has 2 rings (SSSR count). The summed E-state index contributed by atoms with van der Waals surface area (Å²) in [7, 11) is 3.17. The minimum absolute atomic E-state index is 0.0548. The van der Waals surface area contributed by atoms with Crippen LogP contribution >= 0.6 is 0 Å². The molecule has 1 heterocycles. The molecule has 1 aliphatic heterocycles. The molecule has 2 amide bonds. The van der Waals surface area contributed by atoms with Crippen molar-refractivity contribution >= 4 is 23.7 Å². The number of ether oxygens (including phenoxy) is 3. The van der Waals surface area contributed by atoms with Gasteiger partial charge in [-0.2, -0.15) is 0 Å². The molecule has 0 bridgehead atoms. The third-order valence-corrected chi connectivity index (χ3v) is 8.60. The van der Waals surface area contributed by atoms with Gasteiger partial charge in [0.05, 0.1) is 27.1 Å². The Morgan fingerprint density at radius 3 is 1.90 bits per heavy atom. The van der Waals surface area contributed by atoms with Crippen LogP contribution in [0.4, 0.5) is 10.5 Å². The van der Waals surface area contributed by atoms with E-state index in [0.29, 0.717) is 12.1 Å². The number of rotatable bonds is 23. The lowest BCUT2D eigenvalue weighted by atomic mass is 9.99. The monoisotopic (exact) mass is 683 g/mol. The number of anilines is 1. The fourth-order valence-corrected chi connectivity index (χ4v) is 5.65. The van der Waals surface area contributed by atoms with Crippen molar-refractivity contribution in [2.24, 2.45) is 0 Å². The van der Waals surface area contributed by atoms with Crippen LogP contribution in [0, 0.1) is 0 Å². The number of aliphatic hydroxyl groups excluding tert-OH is 4. The maximum absolute atomic E-state index is 13.1. The highest BCUT2D eigenvalue weighted by atomic mass is 16.7. The number of amides is 2. The van der Waals surface area contributed by atoms with E-state index in [-0.39, 0.29) is 23.2 Å². The molecule has 13 nitrogen and oxygen atoms in total. The van der Waals surface area contributed by atoms with Crippen molar-refractivity contribution in [2.45, 2.75) is 140 Å². The molecule has 0 aliphatic carbocycles. The van der Waals surface area contributed by atoms with Crippen molar-refractivity contribution in [3.05, 3.63) is 24.3 Å². The topological polar surface area (TPSA) is 192 Å². The zero-order valence-electron chi connectivity index (χ0n) is 28.9. The first-order valence-corrected chi connectivity index (χ1v) is 17.5. The first kappa shape index (κ1) is 41.4. The number of hydrogen-bond acceptors (Lipinski definition) is 10. The van der Waals surface area contributed by atoms with E-state index in [1.807, 2.05) is 0 Å². The molecular weight excluding hydrogens is 624 g/mol. The Balaban J connectivity index is 1.75. The van der Waals surface area contributed by atoms with Gasteiger partial charge in [0.2, 0.25) is 6.29 Å². The second-order valence-corrected chi connectivity index (χ2v) is 13.3. The van der Waals surface area contributed by atoms with Gasteiger partial charge < -0.3 is 39.7 Å². The van der Waals surface area contributed by atoms with Crippen molar-refractivity contribution in [3.63, 3.8) is 0 Å². The lowest BCUT2D eigenvalue weighted by Gasteiger charge is -2.39. The van der Waals surface area contributed by atoms with Crippen molar-refractivity contribution in [3.8, 4) is 5.75 Å². The van der Waals surface area contributed by atoms with Crippen LogP contribution in [0.25, 0.3) is 0 Å². The Labute approximate surface area is 284 Å². The van der Waals surface area contributed by atoms with Gasteiger partial charge in [0, 0.05) is 12.1 Å². The number of benzene rings is 1. The first-order valence-electron chi connectivity index (χ1n) is 17.5. The zero-order chi connectivity index (χ0) is 35.5. The fourth-order valence-electron chi connectivity index (χ4n) is 5.65. The molecule has 13 heteroatoms. The van der Waals surface area contributed by atoms with Crippen LogP contribution in [0.3, 0.4) is 0 Å². The highest BCUT2D eigenvalue weighted by Gasteiger charge is 2.44. The Bertz CT molecular complexity index is 1080. The van der Waals surface area contributed by atoms with E-state index in [1.165, 1.54) is 82.1 Å². The highest BCUT2D eigenvalue weighted by Crippen LogP contribution is 2.25. The molecule has 6 atom stereocenters. The Kier molecular flexibility index (Phi) is 19.0. The number of quaternary nitrogens is 1. The van der Waals surface area contributed by atoms with Crippen LogP contribution in [-0.2, 0) is 19.1 Å². The van der Waals surface area contributed by atoms with Crippen LogP contribution in [-0.4, -0.2) is 112 Å². The van der Waals surface area contributed by atoms with Gasteiger partial charge in [0.1, 0.15) is 36.7 Å². The average molecular weight is 684 g/mol. The number of carboxylic acids is 1. The molecule has 48 heavy (non-hydrogen) atoms. The predicted molar refractivity (Wildman–Crippen MR) is 179 cm³/mol. The summed E-state index contributed by atoms with van der Waals surface area (Å²) in [6.45, 7) is 1.59. The summed E-state index contributed by atoms with van der Waals surface area (Å²) in [5, 5.41) is 51.6. The summed E-state index contributed by atoms with van der Waals surface area (Å²) in [6.07, 6.45) is 7.09. The van der Waals surface area contributed by atoms with E-state index in [0.717, 1.165) is 19.3 Å². The summed E-state index contributed by atoms with van der Waals surface area (Å²) in [6, 6.07) is 5.56. The van der Waals surface area contributed by atoms with Crippen molar-refractivity contribution in [2.75, 3.05) is 32.6 Å². The number of aliphatic carboxylic acids is 1. The number of nitrogens with zero attached hydrogens (tertiary/aromatic N) is 1. The Morgan fingerprint density at radius 2 is 1.38 bits per heavy atom. The number of unbranched alkanes of at least 4 members (excludes halogenated alkanes) is 12. The number of carboxylic acid groups (broad SMARTS) is 1. The minimum atomic E-state index is -1.58. The summed E-state index contributed by atoms with van der Waals surface area (Å²) < 4.78 is 16.1. The van der Waals surface area contributed by atoms with E-state index < -0.39 is 67.8 Å². The van der Waals surface area contributed by atoms with E-state index in [9.17, 15) is 39.9 Å².